The van der Waals surface area contributed by atoms with Crippen LogP contribution in [0, 0.1) is 0 Å². The van der Waals surface area contributed by atoms with Crippen molar-refractivity contribution in [2.75, 3.05) is 50.0 Å². The lowest BCUT2D eigenvalue weighted by Gasteiger charge is -2.31. The van der Waals surface area contributed by atoms with Crippen molar-refractivity contribution >= 4 is 44.8 Å². The third-order valence-corrected chi connectivity index (χ3v) is 5.88. The summed E-state index contributed by atoms with van der Waals surface area (Å²) in [7, 11) is -3.73. The molecule has 1 aliphatic heterocycles. The molecular formula is C17H25Cl2N3O4S. The SMILES string of the molecule is CC[C@@H](C(=O)NCCN1CCOCC1)N(c1cc(Cl)cc(Cl)c1)S(C)(=O)=O. The first-order valence-electron chi connectivity index (χ1n) is 8.75. The number of halogens is 2. The van der Waals surface area contributed by atoms with Crippen LogP contribution in [0.1, 0.15) is 13.3 Å². The summed E-state index contributed by atoms with van der Waals surface area (Å²) in [6.45, 7) is 5.89. The molecule has 1 atom stereocenters. The summed E-state index contributed by atoms with van der Waals surface area (Å²) >= 11 is 12.0. The minimum Gasteiger partial charge on any atom is -0.379 e. The van der Waals surface area contributed by atoms with Crippen LogP contribution < -0.4 is 9.62 Å². The number of benzene rings is 1. The molecule has 7 nitrogen and oxygen atoms in total. The lowest BCUT2D eigenvalue weighted by atomic mass is 10.2. The Morgan fingerprint density at radius 1 is 1.26 bits per heavy atom. The van der Waals surface area contributed by atoms with Gasteiger partial charge in [0.15, 0.2) is 0 Å². The van der Waals surface area contributed by atoms with Gasteiger partial charge in [-0.1, -0.05) is 30.1 Å². The van der Waals surface area contributed by atoms with E-state index in [9.17, 15) is 13.2 Å². The molecule has 0 saturated carbocycles. The zero-order valence-corrected chi connectivity index (χ0v) is 17.8. The average Bonchev–Trinajstić information content (AvgIpc) is 2.58. The number of nitrogens with zero attached hydrogens (tertiary/aromatic N) is 2. The minimum absolute atomic E-state index is 0.269. The highest BCUT2D eigenvalue weighted by Gasteiger charge is 2.31. The Hall–Kier alpha value is -1.06. The second-order valence-electron chi connectivity index (χ2n) is 6.36. The molecule has 27 heavy (non-hydrogen) atoms. The summed E-state index contributed by atoms with van der Waals surface area (Å²) in [6, 6.07) is 3.59. The second-order valence-corrected chi connectivity index (χ2v) is 9.09. The smallest absolute Gasteiger partial charge is 0.243 e. The quantitative estimate of drug-likeness (QED) is 0.672. The van der Waals surface area contributed by atoms with Crippen LogP contribution in [0.2, 0.25) is 10.0 Å². The summed E-state index contributed by atoms with van der Waals surface area (Å²) in [5.74, 6) is -0.354. The van der Waals surface area contributed by atoms with Gasteiger partial charge < -0.3 is 10.1 Å². The fourth-order valence-electron chi connectivity index (χ4n) is 3.01. The van der Waals surface area contributed by atoms with Crippen molar-refractivity contribution in [1.29, 1.82) is 0 Å². The van der Waals surface area contributed by atoms with Gasteiger partial charge >= 0.3 is 0 Å². The first-order valence-corrected chi connectivity index (χ1v) is 11.4. The number of nitrogens with one attached hydrogen (secondary N) is 1. The number of hydrogen-bond donors (Lipinski definition) is 1. The summed E-state index contributed by atoms with van der Waals surface area (Å²) < 4.78 is 31.2. The van der Waals surface area contributed by atoms with Crippen molar-refractivity contribution < 1.29 is 17.9 Å². The van der Waals surface area contributed by atoms with Crippen LogP contribution >= 0.6 is 23.2 Å². The minimum atomic E-state index is -3.73. The fraction of sp³-hybridized carbons (Fsp3) is 0.588. The summed E-state index contributed by atoms with van der Waals surface area (Å²) in [5.41, 5.74) is 0.269. The van der Waals surface area contributed by atoms with Gasteiger partial charge in [0, 0.05) is 36.2 Å². The van der Waals surface area contributed by atoms with Gasteiger partial charge in [-0.05, 0) is 24.6 Å². The number of carbonyl (C=O) groups is 1. The highest BCUT2D eigenvalue weighted by Crippen LogP contribution is 2.29. The average molecular weight is 438 g/mol. The van der Waals surface area contributed by atoms with Gasteiger partial charge in [0.05, 0.1) is 25.2 Å². The van der Waals surface area contributed by atoms with E-state index in [4.69, 9.17) is 27.9 Å². The van der Waals surface area contributed by atoms with Crippen LogP contribution in [-0.4, -0.2) is 70.9 Å². The Morgan fingerprint density at radius 3 is 2.37 bits per heavy atom. The van der Waals surface area contributed by atoms with Gasteiger partial charge in [0.25, 0.3) is 0 Å². The van der Waals surface area contributed by atoms with Crippen molar-refractivity contribution in [3.8, 4) is 0 Å². The molecule has 0 spiro atoms. The molecule has 0 aromatic heterocycles. The normalized spacial score (nSPS) is 16.7. The molecule has 0 radical (unpaired) electrons. The molecule has 1 aromatic carbocycles. The van der Waals surface area contributed by atoms with E-state index in [1.165, 1.54) is 18.2 Å². The zero-order chi connectivity index (χ0) is 20.0. The van der Waals surface area contributed by atoms with Crippen LogP contribution in [0.25, 0.3) is 0 Å². The monoisotopic (exact) mass is 437 g/mol. The number of anilines is 1. The van der Waals surface area contributed by atoms with Crippen molar-refractivity contribution in [3.63, 3.8) is 0 Å². The number of rotatable bonds is 8. The van der Waals surface area contributed by atoms with Crippen molar-refractivity contribution in [2.45, 2.75) is 19.4 Å². The molecule has 1 aromatic rings. The van der Waals surface area contributed by atoms with Crippen LogP contribution in [0.4, 0.5) is 5.69 Å². The van der Waals surface area contributed by atoms with E-state index in [1.54, 1.807) is 6.92 Å². The molecule has 1 N–H and O–H groups in total. The predicted molar refractivity (Wildman–Crippen MR) is 108 cm³/mol. The van der Waals surface area contributed by atoms with E-state index in [0.717, 1.165) is 23.7 Å². The molecule has 0 bridgehead atoms. The highest BCUT2D eigenvalue weighted by atomic mass is 35.5. The molecule has 1 aliphatic rings. The maximum absolute atomic E-state index is 12.7. The highest BCUT2D eigenvalue weighted by molar-refractivity contribution is 7.92. The third-order valence-electron chi connectivity index (χ3n) is 4.26. The van der Waals surface area contributed by atoms with E-state index in [-0.39, 0.29) is 11.6 Å². The standard InChI is InChI=1S/C17H25Cl2N3O4S/c1-3-16(17(23)20-4-5-21-6-8-26-9-7-21)22(27(2,24)25)15-11-13(18)10-14(19)12-15/h10-12,16H,3-9H2,1-2H3,(H,20,23)/t16-/m0/s1. The van der Waals surface area contributed by atoms with E-state index >= 15 is 0 Å². The summed E-state index contributed by atoms with van der Waals surface area (Å²) in [6.07, 6.45) is 1.37. The Labute approximate surface area is 170 Å². The van der Waals surface area contributed by atoms with Crippen molar-refractivity contribution in [1.82, 2.24) is 10.2 Å². The maximum atomic E-state index is 12.7. The van der Waals surface area contributed by atoms with Crippen molar-refractivity contribution in [2.24, 2.45) is 0 Å². The van der Waals surface area contributed by atoms with Gasteiger partial charge in [0.1, 0.15) is 6.04 Å². The van der Waals surface area contributed by atoms with E-state index in [1.807, 2.05) is 0 Å². The van der Waals surface area contributed by atoms with Crippen LogP contribution in [-0.2, 0) is 19.6 Å². The van der Waals surface area contributed by atoms with Crippen LogP contribution in [0.15, 0.2) is 18.2 Å². The molecule has 0 unspecified atom stereocenters. The number of ether oxygens (including phenoxy) is 1. The van der Waals surface area contributed by atoms with Gasteiger partial charge in [-0.2, -0.15) is 0 Å². The van der Waals surface area contributed by atoms with E-state index < -0.39 is 16.1 Å². The topological polar surface area (TPSA) is 79.0 Å². The third kappa shape index (κ3) is 6.50. The number of sulfonamides is 1. The number of hydrogen-bond acceptors (Lipinski definition) is 5. The molecule has 1 saturated heterocycles. The molecule has 0 aliphatic carbocycles. The molecule has 2 rings (SSSR count). The molecule has 10 heteroatoms. The molecular weight excluding hydrogens is 413 g/mol. The zero-order valence-electron chi connectivity index (χ0n) is 15.5. The van der Waals surface area contributed by atoms with Gasteiger partial charge in [-0.25, -0.2) is 8.42 Å². The second kappa shape index (κ2) is 9.93. The predicted octanol–water partition coefficient (Wildman–Crippen LogP) is 1.99. The first-order chi connectivity index (χ1) is 12.7. The lowest BCUT2D eigenvalue weighted by Crippen LogP contribution is -2.50. The number of amides is 1. The summed E-state index contributed by atoms with van der Waals surface area (Å²) in [5, 5.41) is 3.44. The van der Waals surface area contributed by atoms with Crippen LogP contribution in [0.3, 0.4) is 0 Å². The van der Waals surface area contributed by atoms with Gasteiger partial charge in [-0.15, -0.1) is 0 Å². The fourth-order valence-corrected chi connectivity index (χ4v) is 4.72. The van der Waals surface area contributed by atoms with Crippen molar-refractivity contribution in [3.05, 3.63) is 28.2 Å². The number of carbonyl (C=O) groups excluding carboxylic acids is 1. The molecule has 1 fully saturated rings. The molecule has 1 amide bonds. The number of morpholine rings is 1. The first kappa shape index (κ1) is 22.2. The maximum Gasteiger partial charge on any atom is 0.243 e. The van der Waals surface area contributed by atoms with E-state index in [0.29, 0.717) is 42.8 Å². The Kier molecular flexibility index (Phi) is 8.18. The molecule has 152 valence electrons. The van der Waals surface area contributed by atoms with E-state index in [2.05, 4.69) is 10.2 Å². The van der Waals surface area contributed by atoms with Gasteiger partial charge in [-0.3, -0.25) is 14.0 Å². The summed E-state index contributed by atoms with van der Waals surface area (Å²) in [4.78, 5) is 14.9. The Balaban J connectivity index is 2.12. The lowest BCUT2D eigenvalue weighted by molar-refractivity contribution is -0.122. The van der Waals surface area contributed by atoms with Crippen LogP contribution in [0.5, 0.6) is 0 Å². The van der Waals surface area contributed by atoms with Gasteiger partial charge in [0.2, 0.25) is 15.9 Å². The Morgan fingerprint density at radius 2 is 1.85 bits per heavy atom. The largest absolute Gasteiger partial charge is 0.379 e. The Bertz CT molecular complexity index is 734. The molecule has 1 heterocycles.